The topological polar surface area (TPSA) is 75.6 Å². The smallest absolute Gasteiger partial charge is 0.233 e. The summed E-state index contributed by atoms with van der Waals surface area (Å²) in [6.07, 6.45) is 0. The Morgan fingerprint density at radius 1 is 1.00 bits per heavy atom. The van der Waals surface area contributed by atoms with Crippen molar-refractivity contribution in [3.05, 3.63) is 27.9 Å². The molecule has 6 nitrogen and oxygen atoms in total. The van der Waals surface area contributed by atoms with Crippen LogP contribution in [-0.2, 0) is 0 Å². The fourth-order valence-corrected chi connectivity index (χ4v) is 1.83. The van der Waals surface area contributed by atoms with Crippen LogP contribution in [0.15, 0.2) is 0 Å². The van der Waals surface area contributed by atoms with E-state index in [0.29, 0.717) is 29.1 Å². The van der Waals surface area contributed by atoms with Crippen LogP contribution in [0.2, 0.25) is 5.02 Å². The van der Waals surface area contributed by atoms with Crippen LogP contribution in [0.5, 0.6) is 0 Å². The van der Waals surface area contributed by atoms with Gasteiger partial charge in [0.25, 0.3) is 0 Å². The highest BCUT2D eigenvalue weighted by molar-refractivity contribution is 6.31. The van der Waals surface area contributed by atoms with E-state index in [1.807, 2.05) is 0 Å². The van der Waals surface area contributed by atoms with Crippen LogP contribution in [0.1, 0.15) is 17.1 Å². The lowest BCUT2D eigenvalue weighted by atomic mass is 10.2. The van der Waals surface area contributed by atoms with Gasteiger partial charge in [0.2, 0.25) is 11.9 Å². The second-order valence-electron chi connectivity index (χ2n) is 4.20. The highest BCUT2D eigenvalue weighted by Crippen LogP contribution is 2.27. The summed E-state index contributed by atoms with van der Waals surface area (Å²) in [4.78, 5) is 16.5. The minimum atomic E-state index is -0.516. The number of hydrogen-bond acceptors (Lipinski definition) is 6. The number of aryl methyl sites for hydroxylation is 2. The van der Waals surface area contributed by atoms with Crippen molar-refractivity contribution in [2.45, 2.75) is 20.8 Å². The first-order valence-corrected chi connectivity index (χ1v) is 6.29. The van der Waals surface area contributed by atoms with Crippen molar-refractivity contribution < 1.29 is 4.39 Å². The van der Waals surface area contributed by atoms with Gasteiger partial charge < -0.3 is 10.6 Å². The van der Waals surface area contributed by atoms with E-state index in [4.69, 9.17) is 11.6 Å². The highest BCUT2D eigenvalue weighted by Gasteiger charge is 2.14. The molecule has 0 aliphatic heterocycles. The molecule has 0 fully saturated rings. The van der Waals surface area contributed by atoms with Crippen molar-refractivity contribution in [3.8, 4) is 0 Å². The number of aromatic nitrogens is 4. The maximum Gasteiger partial charge on any atom is 0.233 e. The first-order chi connectivity index (χ1) is 9.42. The van der Waals surface area contributed by atoms with Gasteiger partial charge in [-0.05, 0) is 20.8 Å². The minimum absolute atomic E-state index is 0.0413. The van der Waals surface area contributed by atoms with E-state index in [0.717, 1.165) is 0 Å². The summed E-state index contributed by atoms with van der Waals surface area (Å²) in [7, 11) is 1.71. The Labute approximate surface area is 120 Å². The van der Waals surface area contributed by atoms with Crippen LogP contribution in [-0.4, -0.2) is 27.0 Å². The number of pyridine rings is 1. The molecule has 0 saturated carbocycles. The Kier molecular flexibility index (Phi) is 3.99. The lowest BCUT2D eigenvalue weighted by Gasteiger charge is -2.11. The summed E-state index contributed by atoms with van der Waals surface area (Å²) in [5.74, 6) is 1.20. The molecule has 2 rings (SSSR count). The second kappa shape index (κ2) is 5.54. The Hall–Kier alpha value is -2.02. The quantitative estimate of drug-likeness (QED) is 0.907. The molecule has 0 unspecified atom stereocenters. The van der Waals surface area contributed by atoms with Crippen molar-refractivity contribution in [1.82, 2.24) is 19.9 Å². The highest BCUT2D eigenvalue weighted by atomic mass is 35.5. The fraction of sp³-hybridized carbons (Fsp3) is 0.333. The molecule has 2 aromatic heterocycles. The Bertz CT molecular complexity index is 661. The SMILES string of the molecule is CNc1nc(C)nc(Nc2nc(C)c(F)c(Cl)c2C)n1. The molecule has 0 aliphatic rings. The Morgan fingerprint density at radius 2 is 1.65 bits per heavy atom. The molecule has 2 aromatic rings. The van der Waals surface area contributed by atoms with Crippen LogP contribution >= 0.6 is 11.6 Å². The molecule has 0 spiro atoms. The van der Waals surface area contributed by atoms with E-state index in [1.54, 1.807) is 27.8 Å². The van der Waals surface area contributed by atoms with E-state index < -0.39 is 5.82 Å². The van der Waals surface area contributed by atoms with E-state index in [-0.39, 0.29) is 10.7 Å². The van der Waals surface area contributed by atoms with Gasteiger partial charge in [0, 0.05) is 12.6 Å². The zero-order valence-electron chi connectivity index (χ0n) is 11.5. The Balaban J connectivity index is 2.42. The van der Waals surface area contributed by atoms with E-state index in [1.165, 1.54) is 0 Å². The predicted octanol–water partition coefficient (Wildman–Crippen LogP) is 2.77. The monoisotopic (exact) mass is 296 g/mol. The molecule has 20 heavy (non-hydrogen) atoms. The van der Waals surface area contributed by atoms with Crippen LogP contribution in [0.25, 0.3) is 0 Å². The molecule has 0 radical (unpaired) electrons. The first kappa shape index (κ1) is 14.4. The van der Waals surface area contributed by atoms with Gasteiger partial charge in [0.05, 0.1) is 10.7 Å². The maximum absolute atomic E-state index is 13.6. The largest absolute Gasteiger partial charge is 0.357 e. The summed E-state index contributed by atoms with van der Waals surface area (Å²) in [6.45, 7) is 4.97. The third-order valence-corrected chi connectivity index (χ3v) is 3.12. The number of hydrogen-bond donors (Lipinski definition) is 2. The average Bonchev–Trinajstić information content (AvgIpc) is 2.41. The standard InChI is InChI=1S/C12H14ClFN6/c1-5-8(13)9(14)6(2)16-10(5)19-12-18-7(3)17-11(15-4)20-12/h1-4H3,(H2,15,16,17,18,19,20). The van der Waals surface area contributed by atoms with Gasteiger partial charge in [0.1, 0.15) is 11.6 Å². The fourth-order valence-electron chi connectivity index (χ4n) is 1.61. The molecule has 0 saturated heterocycles. The predicted molar refractivity (Wildman–Crippen MR) is 76.1 cm³/mol. The zero-order valence-corrected chi connectivity index (χ0v) is 12.3. The van der Waals surface area contributed by atoms with Crippen LogP contribution in [0.3, 0.4) is 0 Å². The van der Waals surface area contributed by atoms with Gasteiger partial charge in [0.15, 0.2) is 5.82 Å². The lowest BCUT2D eigenvalue weighted by Crippen LogP contribution is -2.08. The molecule has 0 aromatic carbocycles. The van der Waals surface area contributed by atoms with E-state index >= 15 is 0 Å². The zero-order chi connectivity index (χ0) is 14.9. The molecule has 106 valence electrons. The van der Waals surface area contributed by atoms with Gasteiger partial charge in [-0.1, -0.05) is 11.6 Å². The Morgan fingerprint density at radius 3 is 2.30 bits per heavy atom. The summed E-state index contributed by atoms with van der Waals surface area (Å²) >= 11 is 5.92. The summed E-state index contributed by atoms with van der Waals surface area (Å²) in [5, 5.41) is 5.81. The molecule has 0 amide bonds. The van der Waals surface area contributed by atoms with Crippen molar-refractivity contribution in [2.24, 2.45) is 0 Å². The number of nitrogens with one attached hydrogen (secondary N) is 2. The number of rotatable bonds is 3. The number of nitrogens with zero attached hydrogens (tertiary/aromatic N) is 4. The number of anilines is 3. The first-order valence-electron chi connectivity index (χ1n) is 5.92. The van der Waals surface area contributed by atoms with Gasteiger partial charge in [-0.3, -0.25) is 0 Å². The molecular formula is C12H14ClFN6. The van der Waals surface area contributed by atoms with Crippen LogP contribution < -0.4 is 10.6 Å². The molecule has 8 heteroatoms. The van der Waals surface area contributed by atoms with Crippen molar-refractivity contribution in [3.63, 3.8) is 0 Å². The second-order valence-corrected chi connectivity index (χ2v) is 4.58. The third kappa shape index (κ3) is 2.77. The lowest BCUT2D eigenvalue weighted by molar-refractivity contribution is 0.609. The normalized spacial score (nSPS) is 10.5. The molecule has 2 N–H and O–H groups in total. The number of halogens is 2. The van der Waals surface area contributed by atoms with E-state index in [2.05, 4.69) is 30.6 Å². The summed E-state index contributed by atoms with van der Waals surface area (Å²) in [5.41, 5.74) is 0.710. The molecular weight excluding hydrogens is 283 g/mol. The van der Waals surface area contributed by atoms with Gasteiger partial charge >= 0.3 is 0 Å². The third-order valence-electron chi connectivity index (χ3n) is 2.68. The van der Waals surface area contributed by atoms with Gasteiger partial charge in [-0.2, -0.15) is 15.0 Å². The van der Waals surface area contributed by atoms with Gasteiger partial charge in [-0.25, -0.2) is 9.37 Å². The average molecular weight is 297 g/mol. The summed E-state index contributed by atoms with van der Waals surface area (Å²) in [6, 6.07) is 0. The molecule has 0 aliphatic carbocycles. The minimum Gasteiger partial charge on any atom is -0.357 e. The maximum atomic E-state index is 13.6. The van der Waals surface area contributed by atoms with Crippen molar-refractivity contribution in [1.29, 1.82) is 0 Å². The molecule has 0 atom stereocenters. The molecule has 0 bridgehead atoms. The van der Waals surface area contributed by atoms with Crippen molar-refractivity contribution >= 4 is 29.3 Å². The molecule has 2 heterocycles. The van der Waals surface area contributed by atoms with E-state index in [9.17, 15) is 4.39 Å². The van der Waals surface area contributed by atoms with Crippen LogP contribution in [0, 0.1) is 26.6 Å². The van der Waals surface area contributed by atoms with Gasteiger partial charge in [-0.15, -0.1) is 0 Å². The summed E-state index contributed by atoms with van der Waals surface area (Å²) < 4.78 is 13.6. The van der Waals surface area contributed by atoms with Crippen molar-refractivity contribution in [2.75, 3.05) is 17.7 Å². The van der Waals surface area contributed by atoms with Crippen LogP contribution in [0.4, 0.5) is 22.1 Å².